The van der Waals surface area contributed by atoms with Crippen LogP contribution in [0, 0.1) is 12.8 Å². The van der Waals surface area contributed by atoms with Crippen molar-refractivity contribution in [2.75, 3.05) is 19.7 Å². The number of aromatic nitrogens is 1. The van der Waals surface area contributed by atoms with E-state index in [4.69, 9.17) is 9.84 Å². The van der Waals surface area contributed by atoms with E-state index in [1.54, 1.807) is 30.3 Å². The second-order valence-electron chi connectivity index (χ2n) is 8.61. The van der Waals surface area contributed by atoms with Crippen LogP contribution >= 0.6 is 0 Å². The van der Waals surface area contributed by atoms with Crippen LogP contribution in [0.2, 0.25) is 0 Å². The minimum atomic E-state index is -4.62. The summed E-state index contributed by atoms with van der Waals surface area (Å²) in [5.74, 6) is -2.72. The topological polar surface area (TPSA) is 104 Å². The Morgan fingerprint density at radius 2 is 2.00 bits per heavy atom. The monoisotopic (exact) mass is 495 g/mol. The van der Waals surface area contributed by atoms with E-state index in [1.807, 2.05) is 6.92 Å². The minimum absolute atomic E-state index is 0.0377. The van der Waals surface area contributed by atoms with E-state index in [-0.39, 0.29) is 13.0 Å². The van der Waals surface area contributed by atoms with Gasteiger partial charge < -0.3 is 20.0 Å². The van der Waals surface area contributed by atoms with Crippen molar-refractivity contribution < 1.29 is 37.8 Å². The van der Waals surface area contributed by atoms with Crippen LogP contribution in [0.5, 0.6) is 5.75 Å². The number of fused-ring (bicyclic) bond motifs is 1. The fraction of sp³-hybridized carbons (Fsp3) is 0.458. The van der Waals surface area contributed by atoms with Gasteiger partial charge in [0.2, 0.25) is 5.91 Å². The number of hydrogen-bond acceptors (Lipinski definition) is 5. The molecule has 1 aliphatic rings. The molecule has 0 fully saturated rings. The SMILES string of the molecule is Cc1ccn(O)c(=NCCCOc2ccc3c(c2)C(C)N(CC(F)(F)F)C(=O)C(CC(=O)O)C3)c1. The maximum atomic E-state index is 13.2. The molecule has 0 radical (unpaired) electrons. The molecule has 0 aliphatic carbocycles. The molecule has 3 rings (SSSR count). The fourth-order valence-electron chi connectivity index (χ4n) is 4.11. The van der Waals surface area contributed by atoms with Gasteiger partial charge in [-0.2, -0.15) is 17.9 Å². The van der Waals surface area contributed by atoms with Gasteiger partial charge in [-0.1, -0.05) is 6.07 Å². The molecule has 8 nitrogen and oxygen atoms in total. The first-order valence-electron chi connectivity index (χ1n) is 11.2. The number of carboxylic acids is 1. The number of aliphatic carboxylic acids is 1. The van der Waals surface area contributed by atoms with Gasteiger partial charge in [-0.25, -0.2) is 0 Å². The number of hydrogen-bond donors (Lipinski definition) is 2. The Balaban J connectivity index is 1.74. The average molecular weight is 495 g/mol. The van der Waals surface area contributed by atoms with Crippen LogP contribution in [0.4, 0.5) is 13.2 Å². The molecule has 1 aromatic carbocycles. The third-order valence-corrected chi connectivity index (χ3v) is 5.82. The quantitative estimate of drug-likeness (QED) is 0.431. The molecule has 2 heterocycles. The number of pyridine rings is 1. The van der Waals surface area contributed by atoms with Crippen molar-refractivity contribution in [3.05, 3.63) is 58.7 Å². The third kappa shape index (κ3) is 7.00. The van der Waals surface area contributed by atoms with E-state index >= 15 is 0 Å². The van der Waals surface area contributed by atoms with Crippen LogP contribution in [0.1, 0.15) is 42.5 Å². The molecule has 0 bridgehead atoms. The number of rotatable bonds is 8. The molecular formula is C24H28F3N3O5. The van der Waals surface area contributed by atoms with Gasteiger partial charge in [0, 0.05) is 19.2 Å². The van der Waals surface area contributed by atoms with E-state index in [9.17, 15) is 28.0 Å². The summed E-state index contributed by atoms with van der Waals surface area (Å²) in [6, 6.07) is 7.52. The summed E-state index contributed by atoms with van der Waals surface area (Å²) in [5, 5.41) is 18.9. The molecule has 190 valence electrons. The summed E-state index contributed by atoms with van der Waals surface area (Å²) in [4.78, 5) is 29.1. The van der Waals surface area contributed by atoms with Crippen molar-refractivity contribution in [2.24, 2.45) is 10.9 Å². The van der Waals surface area contributed by atoms with Gasteiger partial charge in [-0.15, -0.1) is 0 Å². The highest BCUT2D eigenvalue weighted by Crippen LogP contribution is 2.36. The molecule has 2 atom stereocenters. The average Bonchev–Trinajstić information content (AvgIpc) is 2.85. The standard InChI is InChI=1S/C24H28F3N3O5/c1-15-6-8-30(34)21(10-15)28-7-3-9-35-19-5-4-17-11-18(12-22(31)32)23(33)29(14-24(25,26)27)16(2)20(17)13-19/h4-6,8,10,13,16,18,34H,3,7,9,11-12,14H2,1-2H3,(H,31,32). The lowest BCUT2D eigenvalue weighted by Gasteiger charge is -2.30. The number of aryl methyl sites for hydroxylation is 1. The second-order valence-corrected chi connectivity index (χ2v) is 8.61. The highest BCUT2D eigenvalue weighted by Gasteiger charge is 2.41. The van der Waals surface area contributed by atoms with Crippen LogP contribution in [0.3, 0.4) is 0 Å². The molecule has 2 N–H and O–H groups in total. The normalized spacial score (nSPS) is 18.8. The van der Waals surface area contributed by atoms with E-state index in [1.165, 1.54) is 13.1 Å². The Kier molecular flexibility index (Phi) is 8.08. The Morgan fingerprint density at radius 3 is 2.69 bits per heavy atom. The van der Waals surface area contributed by atoms with Crippen LogP contribution in [0.25, 0.3) is 0 Å². The summed E-state index contributed by atoms with van der Waals surface area (Å²) >= 11 is 0. The first-order valence-corrected chi connectivity index (χ1v) is 11.2. The van der Waals surface area contributed by atoms with Gasteiger partial charge in [0.05, 0.1) is 25.0 Å². The predicted octanol–water partition coefficient (Wildman–Crippen LogP) is 3.50. The predicted molar refractivity (Wildman–Crippen MR) is 119 cm³/mol. The maximum Gasteiger partial charge on any atom is 0.406 e. The number of alkyl halides is 3. The molecule has 0 spiro atoms. The summed E-state index contributed by atoms with van der Waals surface area (Å²) in [7, 11) is 0. The molecule has 2 aromatic rings. The summed E-state index contributed by atoms with van der Waals surface area (Å²) < 4.78 is 46.3. The summed E-state index contributed by atoms with van der Waals surface area (Å²) in [6.45, 7) is 2.59. The van der Waals surface area contributed by atoms with Gasteiger partial charge in [0.1, 0.15) is 12.3 Å². The lowest BCUT2D eigenvalue weighted by molar-refractivity contribution is -0.168. The van der Waals surface area contributed by atoms with Crippen molar-refractivity contribution in [3.8, 4) is 5.75 Å². The first-order chi connectivity index (χ1) is 16.4. The molecule has 1 aromatic heterocycles. The number of ether oxygens (including phenoxy) is 1. The molecular weight excluding hydrogens is 467 g/mol. The number of carboxylic acid groups (broad SMARTS) is 1. The van der Waals surface area contributed by atoms with E-state index in [0.29, 0.717) is 40.2 Å². The van der Waals surface area contributed by atoms with Gasteiger partial charge in [-0.3, -0.25) is 14.6 Å². The number of nitrogens with zero attached hydrogens (tertiary/aromatic N) is 3. The molecule has 11 heteroatoms. The zero-order chi connectivity index (χ0) is 25.8. The summed E-state index contributed by atoms with van der Waals surface area (Å²) in [6.07, 6.45) is -3.11. The molecule has 2 unspecified atom stereocenters. The Hall–Kier alpha value is -3.50. The van der Waals surface area contributed by atoms with Gasteiger partial charge in [0.15, 0.2) is 5.49 Å². The van der Waals surface area contributed by atoms with E-state index < -0.39 is 43.0 Å². The highest BCUT2D eigenvalue weighted by atomic mass is 19.4. The number of carbonyl (C=O) groups is 2. The molecule has 1 aliphatic heterocycles. The zero-order valence-corrected chi connectivity index (χ0v) is 19.5. The first kappa shape index (κ1) is 26.1. The largest absolute Gasteiger partial charge is 0.494 e. The van der Waals surface area contributed by atoms with Gasteiger partial charge in [-0.05, 0) is 61.2 Å². The van der Waals surface area contributed by atoms with Crippen LogP contribution in [-0.4, -0.2) is 57.7 Å². The molecule has 0 saturated heterocycles. The smallest absolute Gasteiger partial charge is 0.406 e. The fourth-order valence-corrected chi connectivity index (χ4v) is 4.11. The third-order valence-electron chi connectivity index (χ3n) is 5.82. The number of amides is 1. The van der Waals surface area contributed by atoms with Crippen molar-refractivity contribution in [1.82, 2.24) is 9.63 Å². The lowest BCUT2D eigenvalue weighted by Crippen LogP contribution is -2.43. The highest BCUT2D eigenvalue weighted by molar-refractivity contribution is 5.84. The van der Waals surface area contributed by atoms with Crippen molar-refractivity contribution >= 4 is 11.9 Å². The van der Waals surface area contributed by atoms with Gasteiger partial charge >= 0.3 is 12.1 Å². The maximum absolute atomic E-state index is 13.2. The number of carbonyl (C=O) groups excluding carboxylic acids is 1. The number of halogens is 3. The van der Waals surface area contributed by atoms with Crippen molar-refractivity contribution in [1.29, 1.82) is 0 Å². The van der Waals surface area contributed by atoms with Crippen LogP contribution < -0.4 is 10.2 Å². The zero-order valence-electron chi connectivity index (χ0n) is 19.5. The Labute approximate surface area is 200 Å². The van der Waals surface area contributed by atoms with Crippen LogP contribution in [-0.2, 0) is 16.0 Å². The lowest BCUT2D eigenvalue weighted by atomic mass is 9.93. The Morgan fingerprint density at radius 1 is 1.26 bits per heavy atom. The van der Waals surface area contributed by atoms with Crippen molar-refractivity contribution in [2.45, 2.75) is 45.3 Å². The molecule has 1 amide bonds. The minimum Gasteiger partial charge on any atom is -0.494 e. The molecule has 0 saturated carbocycles. The van der Waals surface area contributed by atoms with Crippen LogP contribution in [0.15, 0.2) is 41.5 Å². The second kappa shape index (κ2) is 10.8. The molecule has 35 heavy (non-hydrogen) atoms. The van der Waals surface area contributed by atoms with Gasteiger partial charge in [0.25, 0.3) is 0 Å². The van der Waals surface area contributed by atoms with Crippen molar-refractivity contribution in [3.63, 3.8) is 0 Å². The van der Waals surface area contributed by atoms with E-state index in [2.05, 4.69) is 4.99 Å². The number of benzene rings is 1. The summed E-state index contributed by atoms with van der Waals surface area (Å²) in [5.41, 5.74) is 2.48. The van der Waals surface area contributed by atoms with E-state index in [0.717, 1.165) is 10.3 Å². The Bertz CT molecular complexity index is 1150.